The molecule has 0 spiro atoms. The molecule has 2 N–H and O–H groups in total. The molecule has 2 atom stereocenters. The second kappa shape index (κ2) is 6.12. The van der Waals surface area contributed by atoms with Crippen molar-refractivity contribution in [1.29, 1.82) is 0 Å². The third-order valence-electron chi connectivity index (χ3n) is 4.41. The molecule has 3 rings (SSSR count). The van der Waals surface area contributed by atoms with Gasteiger partial charge in [-0.2, -0.15) is 0 Å². The van der Waals surface area contributed by atoms with E-state index in [0.717, 1.165) is 35.1 Å². The number of aliphatic hydroxyl groups is 1. The number of pyridine rings is 1. The molecule has 0 saturated carbocycles. The van der Waals surface area contributed by atoms with Crippen molar-refractivity contribution in [2.45, 2.75) is 51.2 Å². The summed E-state index contributed by atoms with van der Waals surface area (Å²) >= 11 is 0. The van der Waals surface area contributed by atoms with Crippen LogP contribution in [0.5, 0.6) is 0 Å². The molecule has 0 amide bonds. The largest absolute Gasteiger partial charge is 0.387 e. The van der Waals surface area contributed by atoms with E-state index in [2.05, 4.69) is 31.3 Å². The van der Waals surface area contributed by atoms with E-state index in [0.29, 0.717) is 5.92 Å². The lowest BCUT2D eigenvalue weighted by atomic mass is 9.91. The molecule has 1 saturated heterocycles. The van der Waals surface area contributed by atoms with Gasteiger partial charge in [-0.05, 0) is 43.0 Å². The topological polar surface area (TPSA) is 45.1 Å². The zero-order valence-electron chi connectivity index (χ0n) is 12.8. The van der Waals surface area contributed by atoms with Crippen molar-refractivity contribution in [1.82, 2.24) is 10.3 Å². The quantitative estimate of drug-likeness (QED) is 0.906. The number of piperidine rings is 1. The van der Waals surface area contributed by atoms with Crippen molar-refractivity contribution in [2.75, 3.05) is 6.54 Å². The molecule has 1 aliphatic rings. The summed E-state index contributed by atoms with van der Waals surface area (Å²) in [5.41, 5.74) is 3.05. The van der Waals surface area contributed by atoms with Crippen LogP contribution in [0.2, 0.25) is 0 Å². The molecular weight excluding hydrogens is 260 g/mol. The molecular formula is C18H24N2O. The van der Waals surface area contributed by atoms with Crippen LogP contribution in [0.4, 0.5) is 0 Å². The molecule has 1 fully saturated rings. The average Bonchev–Trinajstić information content (AvgIpc) is 2.54. The molecule has 1 aromatic carbocycles. The fourth-order valence-electron chi connectivity index (χ4n) is 3.13. The Morgan fingerprint density at radius 1 is 1.24 bits per heavy atom. The van der Waals surface area contributed by atoms with Gasteiger partial charge in [0.2, 0.25) is 0 Å². The Morgan fingerprint density at radius 2 is 2.05 bits per heavy atom. The van der Waals surface area contributed by atoms with E-state index in [1.807, 2.05) is 18.2 Å². The van der Waals surface area contributed by atoms with Gasteiger partial charge < -0.3 is 10.4 Å². The smallest absolute Gasteiger partial charge is 0.0950 e. The monoisotopic (exact) mass is 284 g/mol. The van der Waals surface area contributed by atoms with Gasteiger partial charge in [-0.15, -0.1) is 0 Å². The van der Waals surface area contributed by atoms with E-state index in [1.165, 1.54) is 12.8 Å². The van der Waals surface area contributed by atoms with E-state index >= 15 is 0 Å². The van der Waals surface area contributed by atoms with E-state index in [4.69, 9.17) is 4.98 Å². The summed E-state index contributed by atoms with van der Waals surface area (Å²) in [5.74, 6) is 0.361. The summed E-state index contributed by atoms with van der Waals surface area (Å²) in [6.07, 6.45) is 2.97. The number of rotatable bonds is 3. The van der Waals surface area contributed by atoms with Crippen LogP contribution in [-0.4, -0.2) is 22.7 Å². The van der Waals surface area contributed by atoms with Crippen LogP contribution in [0.15, 0.2) is 30.3 Å². The molecule has 1 aromatic heterocycles. The molecule has 21 heavy (non-hydrogen) atoms. The minimum Gasteiger partial charge on any atom is -0.387 e. The van der Waals surface area contributed by atoms with Gasteiger partial charge in [0.25, 0.3) is 0 Å². The number of nitrogens with zero attached hydrogens (tertiary/aromatic N) is 1. The first-order valence-electron chi connectivity index (χ1n) is 7.98. The maximum Gasteiger partial charge on any atom is 0.0950 e. The minimum absolute atomic E-state index is 0.157. The molecule has 0 unspecified atom stereocenters. The van der Waals surface area contributed by atoms with Crippen LogP contribution in [0.25, 0.3) is 10.9 Å². The van der Waals surface area contributed by atoms with Crippen molar-refractivity contribution in [3.63, 3.8) is 0 Å². The van der Waals surface area contributed by atoms with Crippen LogP contribution in [0.3, 0.4) is 0 Å². The van der Waals surface area contributed by atoms with E-state index in [9.17, 15) is 5.11 Å². The maximum atomic E-state index is 10.9. The average molecular weight is 284 g/mol. The first-order valence-corrected chi connectivity index (χ1v) is 7.98. The third kappa shape index (κ3) is 2.94. The van der Waals surface area contributed by atoms with Crippen molar-refractivity contribution in [3.8, 4) is 0 Å². The van der Waals surface area contributed by atoms with Gasteiger partial charge in [0.1, 0.15) is 0 Å². The fourth-order valence-corrected chi connectivity index (χ4v) is 3.13. The number of hydrogen-bond acceptors (Lipinski definition) is 3. The van der Waals surface area contributed by atoms with Gasteiger partial charge in [0.05, 0.1) is 11.6 Å². The molecule has 0 radical (unpaired) electrons. The summed E-state index contributed by atoms with van der Waals surface area (Å²) in [7, 11) is 0. The van der Waals surface area contributed by atoms with E-state index in [-0.39, 0.29) is 6.04 Å². The van der Waals surface area contributed by atoms with Crippen LogP contribution in [0, 0.1) is 0 Å². The highest BCUT2D eigenvalue weighted by atomic mass is 16.3. The zero-order valence-corrected chi connectivity index (χ0v) is 12.8. The van der Waals surface area contributed by atoms with Gasteiger partial charge in [-0.1, -0.05) is 38.5 Å². The summed E-state index contributed by atoms with van der Waals surface area (Å²) in [6.45, 7) is 5.29. The Morgan fingerprint density at radius 3 is 2.76 bits per heavy atom. The van der Waals surface area contributed by atoms with Gasteiger partial charge >= 0.3 is 0 Å². The van der Waals surface area contributed by atoms with Crippen LogP contribution in [0.1, 0.15) is 56.4 Å². The number of para-hydroxylation sites is 1. The predicted molar refractivity (Wildman–Crippen MR) is 86.4 cm³/mol. The number of nitrogens with one attached hydrogen (secondary N) is 1. The van der Waals surface area contributed by atoms with Crippen LogP contribution in [-0.2, 0) is 0 Å². The lowest BCUT2D eigenvalue weighted by Crippen LogP contribution is -2.38. The second-order valence-electron chi connectivity index (χ2n) is 6.31. The highest BCUT2D eigenvalue weighted by molar-refractivity contribution is 5.82. The fraction of sp³-hybridized carbons (Fsp3) is 0.500. The Kier molecular flexibility index (Phi) is 4.22. The van der Waals surface area contributed by atoms with Crippen molar-refractivity contribution in [3.05, 3.63) is 41.6 Å². The first kappa shape index (κ1) is 14.5. The van der Waals surface area contributed by atoms with Crippen molar-refractivity contribution in [2.24, 2.45) is 0 Å². The minimum atomic E-state index is -0.462. The first-order chi connectivity index (χ1) is 10.2. The standard InChI is InChI=1S/C18H24N2O/c1-12(2)17-11-14(13-7-3-4-8-15(13)20-17)18(21)16-9-5-6-10-19-16/h3-4,7-8,11-12,16,18-19,21H,5-6,9-10H2,1-2H3/t16-,18+/m0/s1. The van der Waals surface area contributed by atoms with Gasteiger partial charge in [-0.3, -0.25) is 4.98 Å². The summed E-state index contributed by atoms with van der Waals surface area (Å²) in [5, 5.41) is 15.4. The van der Waals surface area contributed by atoms with Gasteiger partial charge in [0, 0.05) is 17.1 Å². The predicted octanol–water partition coefficient (Wildman–Crippen LogP) is 3.53. The molecule has 112 valence electrons. The van der Waals surface area contributed by atoms with Crippen molar-refractivity contribution < 1.29 is 5.11 Å². The number of aromatic nitrogens is 1. The van der Waals surface area contributed by atoms with Gasteiger partial charge in [-0.25, -0.2) is 0 Å². The Balaban J connectivity index is 2.06. The Bertz CT molecular complexity index is 618. The zero-order chi connectivity index (χ0) is 14.8. The number of benzene rings is 1. The second-order valence-corrected chi connectivity index (χ2v) is 6.31. The maximum absolute atomic E-state index is 10.9. The molecule has 0 bridgehead atoms. The summed E-state index contributed by atoms with van der Waals surface area (Å²) in [6, 6.07) is 10.4. The van der Waals surface area contributed by atoms with Crippen LogP contribution >= 0.6 is 0 Å². The van der Waals surface area contributed by atoms with E-state index in [1.54, 1.807) is 0 Å². The molecule has 2 aromatic rings. The lowest BCUT2D eigenvalue weighted by molar-refractivity contribution is 0.115. The summed E-state index contributed by atoms with van der Waals surface area (Å²) < 4.78 is 0. The SMILES string of the molecule is CC(C)c1cc([C@@H](O)[C@@H]2CCCCN2)c2ccccc2n1. The molecule has 3 heteroatoms. The number of fused-ring (bicyclic) bond motifs is 1. The number of hydrogen-bond donors (Lipinski definition) is 2. The highest BCUT2D eigenvalue weighted by Crippen LogP contribution is 2.30. The van der Waals surface area contributed by atoms with Crippen molar-refractivity contribution >= 4 is 10.9 Å². The Labute approximate surface area is 126 Å². The molecule has 1 aliphatic heterocycles. The van der Waals surface area contributed by atoms with Gasteiger partial charge in [0.15, 0.2) is 0 Å². The molecule has 3 nitrogen and oxygen atoms in total. The normalized spacial score (nSPS) is 20.9. The van der Waals surface area contributed by atoms with Crippen LogP contribution < -0.4 is 5.32 Å². The lowest BCUT2D eigenvalue weighted by Gasteiger charge is -2.29. The Hall–Kier alpha value is -1.45. The highest BCUT2D eigenvalue weighted by Gasteiger charge is 2.25. The summed E-state index contributed by atoms with van der Waals surface area (Å²) in [4.78, 5) is 4.73. The molecule has 0 aliphatic carbocycles. The van der Waals surface area contributed by atoms with E-state index < -0.39 is 6.10 Å². The third-order valence-corrected chi connectivity index (χ3v) is 4.41. The number of aliphatic hydroxyl groups excluding tert-OH is 1. The molecule has 2 heterocycles.